The average molecular weight is 347 g/mol. The topological polar surface area (TPSA) is 126 Å². The second-order valence-electron chi connectivity index (χ2n) is 6.34. The van der Waals surface area contributed by atoms with E-state index >= 15 is 0 Å². The molecule has 1 aromatic carbocycles. The summed E-state index contributed by atoms with van der Waals surface area (Å²) in [5, 5.41) is 19.3. The molecule has 0 saturated heterocycles. The molecule has 0 unspecified atom stereocenters. The monoisotopic (exact) mass is 347 g/mol. The number of rotatable bonds is 8. The van der Waals surface area contributed by atoms with Gasteiger partial charge < -0.3 is 20.9 Å². The number of amidine groups is 1. The van der Waals surface area contributed by atoms with Gasteiger partial charge in [-0.2, -0.15) is 0 Å². The molecule has 0 atom stereocenters. The lowest BCUT2D eigenvalue weighted by molar-refractivity contribution is -0.142. The van der Waals surface area contributed by atoms with E-state index in [1.54, 1.807) is 24.3 Å². The van der Waals surface area contributed by atoms with Gasteiger partial charge in [-0.15, -0.1) is 0 Å². The summed E-state index contributed by atoms with van der Waals surface area (Å²) < 4.78 is 5.56. The summed E-state index contributed by atoms with van der Waals surface area (Å²) in [6.07, 6.45) is 3.68. The number of nitrogens with one attached hydrogen (secondary N) is 2. The highest BCUT2D eigenvalue weighted by atomic mass is 16.5. The second-order valence-corrected chi connectivity index (χ2v) is 6.34. The number of carbonyl (C=O) groups excluding carboxylic acids is 1. The average Bonchev–Trinajstić information content (AvgIpc) is 2.59. The first-order valence-corrected chi connectivity index (χ1v) is 8.55. The molecule has 2 rings (SSSR count). The number of hydrogen-bond donors (Lipinski definition) is 4. The van der Waals surface area contributed by atoms with E-state index < -0.39 is 5.97 Å². The van der Waals surface area contributed by atoms with Crippen LogP contribution in [0.25, 0.3) is 0 Å². The van der Waals surface area contributed by atoms with Crippen molar-refractivity contribution in [1.29, 1.82) is 5.41 Å². The van der Waals surface area contributed by atoms with Gasteiger partial charge in [-0.3, -0.25) is 15.0 Å². The van der Waals surface area contributed by atoms with Gasteiger partial charge in [0.2, 0.25) is 5.91 Å². The molecule has 5 N–H and O–H groups in total. The maximum absolute atomic E-state index is 11.9. The summed E-state index contributed by atoms with van der Waals surface area (Å²) in [5.74, 6) is -0.332. The predicted octanol–water partition coefficient (Wildman–Crippen LogP) is 1.89. The molecule has 1 fully saturated rings. The summed E-state index contributed by atoms with van der Waals surface area (Å²) in [5.41, 5.74) is 6.03. The van der Waals surface area contributed by atoms with E-state index in [9.17, 15) is 9.59 Å². The summed E-state index contributed by atoms with van der Waals surface area (Å²) >= 11 is 0. The minimum absolute atomic E-state index is 0.0145. The maximum Gasteiger partial charge on any atom is 0.306 e. The van der Waals surface area contributed by atoms with Crippen molar-refractivity contribution in [3.63, 3.8) is 0 Å². The van der Waals surface area contributed by atoms with Crippen LogP contribution in [-0.2, 0) is 9.59 Å². The van der Waals surface area contributed by atoms with Crippen molar-refractivity contribution in [2.75, 3.05) is 6.61 Å². The fraction of sp³-hybridized carbons (Fsp3) is 0.500. The fourth-order valence-electron chi connectivity index (χ4n) is 2.94. The maximum atomic E-state index is 11.9. The van der Waals surface area contributed by atoms with Crippen LogP contribution in [0.2, 0.25) is 0 Å². The molecule has 0 radical (unpaired) electrons. The van der Waals surface area contributed by atoms with Crippen molar-refractivity contribution >= 4 is 17.7 Å². The highest BCUT2D eigenvalue weighted by Crippen LogP contribution is 2.24. The van der Waals surface area contributed by atoms with Crippen LogP contribution >= 0.6 is 0 Å². The van der Waals surface area contributed by atoms with E-state index in [4.69, 9.17) is 21.0 Å². The van der Waals surface area contributed by atoms with Crippen LogP contribution < -0.4 is 15.8 Å². The largest absolute Gasteiger partial charge is 0.494 e. The Morgan fingerprint density at radius 3 is 2.40 bits per heavy atom. The van der Waals surface area contributed by atoms with Gasteiger partial charge in [-0.25, -0.2) is 0 Å². The van der Waals surface area contributed by atoms with Crippen LogP contribution in [0, 0.1) is 11.3 Å². The Hall–Kier alpha value is -2.57. The normalized spacial score (nSPS) is 19.8. The van der Waals surface area contributed by atoms with Crippen molar-refractivity contribution in [3.05, 3.63) is 29.8 Å². The Balaban J connectivity index is 1.61. The van der Waals surface area contributed by atoms with Crippen LogP contribution in [0.3, 0.4) is 0 Å². The first-order valence-electron chi connectivity index (χ1n) is 8.55. The number of hydrogen-bond acceptors (Lipinski definition) is 4. The smallest absolute Gasteiger partial charge is 0.306 e. The molecular weight excluding hydrogens is 322 g/mol. The number of carboxylic acids is 1. The van der Waals surface area contributed by atoms with E-state index in [-0.39, 0.29) is 23.7 Å². The number of benzene rings is 1. The number of carboxylic acid groups (broad SMARTS) is 1. The summed E-state index contributed by atoms with van der Waals surface area (Å²) in [4.78, 5) is 22.8. The Morgan fingerprint density at radius 1 is 1.20 bits per heavy atom. The molecule has 7 nitrogen and oxygen atoms in total. The third-order valence-corrected chi connectivity index (χ3v) is 4.42. The van der Waals surface area contributed by atoms with Gasteiger partial charge >= 0.3 is 5.97 Å². The Kier molecular flexibility index (Phi) is 6.80. The first kappa shape index (κ1) is 18.8. The molecule has 1 saturated carbocycles. The minimum Gasteiger partial charge on any atom is -0.494 e. The molecule has 0 bridgehead atoms. The predicted molar refractivity (Wildman–Crippen MR) is 93.7 cm³/mol. The lowest BCUT2D eigenvalue weighted by Gasteiger charge is -2.26. The number of nitrogens with two attached hydrogens (primary N) is 1. The highest BCUT2D eigenvalue weighted by molar-refractivity contribution is 5.94. The molecule has 7 heteroatoms. The van der Waals surface area contributed by atoms with E-state index in [1.165, 1.54) is 0 Å². The molecule has 1 aliphatic rings. The SMILES string of the molecule is N=C(N)c1ccc(OCCCC(=O)NC2CCC(C(=O)O)CC2)cc1. The van der Waals surface area contributed by atoms with E-state index in [2.05, 4.69) is 5.32 Å². The minimum atomic E-state index is -0.738. The third kappa shape index (κ3) is 6.10. The molecule has 0 spiro atoms. The van der Waals surface area contributed by atoms with Crippen molar-refractivity contribution in [1.82, 2.24) is 5.32 Å². The third-order valence-electron chi connectivity index (χ3n) is 4.42. The zero-order chi connectivity index (χ0) is 18.2. The molecule has 136 valence electrons. The fourth-order valence-corrected chi connectivity index (χ4v) is 2.94. The lowest BCUT2D eigenvalue weighted by atomic mass is 9.86. The van der Waals surface area contributed by atoms with E-state index in [1.807, 2.05) is 0 Å². The molecular formula is C18H25N3O4. The van der Waals surface area contributed by atoms with Crippen LogP contribution in [0.15, 0.2) is 24.3 Å². The van der Waals surface area contributed by atoms with Crippen LogP contribution in [0.4, 0.5) is 0 Å². The van der Waals surface area contributed by atoms with Crippen molar-refractivity contribution in [2.24, 2.45) is 11.7 Å². The van der Waals surface area contributed by atoms with Crippen LogP contribution in [0.1, 0.15) is 44.1 Å². The number of ether oxygens (including phenoxy) is 1. The molecule has 1 amide bonds. The van der Waals surface area contributed by atoms with Gasteiger partial charge in [-0.1, -0.05) is 0 Å². The van der Waals surface area contributed by atoms with Gasteiger partial charge in [0.25, 0.3) is 0 Å². The summed E-state index contributed by atoms with van der Waals surface area (Å²) in [6.45, 7) is 0.429. The molecule has 25 heavy (non-hydrogen) atoms. The van der Waals surface area contributed by atoms with E-state index in [0.29, 0.717) is 43.6 Å². The van der Waals surface area contributed by atoms with Crippen molar-refractivity contribution in [3.8, 4) is 5.75 Å². The summed E-state index contributed by atoms with van der Waals surface area (Å²) in [6, 6.07) is 7.02. The zero-order valence-electron chi connectivity index (χ0n) is 14.2. The van der Waals surface area contributed by atoms with Crippen LogP contribution in [0.5, 0.6) is 5.75 Å². The Bertz CT molecular complexity index is 607. The quantitative estimate of drug-likeness (QED) is 0.325. The highest BCUT2D eigenvalue weighted by Gasteiger charge is 2.26. The van der Waals surface area contributed by atoms with Gasteiger partial charge in [-0.05, 0) is 56.4 Å². The van der Waals surface area contributed by atoms with Gasteiger partial charge in [0.1, 0.15) is 11.6 Å². The zero-order valence-corrected chi connectivity index (χ0v) is 14.2. The van der Waals surface area contributed by atoms with Crippen molar-refractivity contribution in [2.45, 2.75) is 44.6 Å². The number of carbonyl (C=O) groups is 2. The molecule has 0 aromatic heterocycles. The number of aliphatic carboxylic acids is 1. The van der Waals surface area contributed by atoms with Crippen molar-refractivity contribution < 1.29 is 19.4 Å². The molecule has 0 heterocycles. The number of nitrogen functional groups attached to an aromatic ring is 1. The molecule has 1 aliphatic carbocycles. The van der Waals surface area contributed by atoms with Gasteiger partial charge in [0.05, 0.1) is 12.5 Å². The Labute approximate surface area is 147 Å². The van der Waals surface area contributed by atoms with Gasteiger partial charge in [0, 0.05) is 18.0 Å². The van der Waals surface area contributed by atoms with Gasteiger partial charge in [0.15, 0.2) is 0 Å². The molecule has 1 aromatic rings. The van der Waals surface area contributed by atoms with Crippen LogP contribution in [-0.4, -0.2) is 35.5 Å². The standard InChI is InChI=1S/C18H25N3O4/c19-17(20)12-5-9-15(10-6-12)25-11-1-2-16(22)21-14-7-3-13(4-8-14)18(23)24/h5-6,9-10,13-14H,1-4,7-8,11H2,(H3,19,20)(H,21,22)(H,23,24). The van der Waals surface area contributed by atoms with E-state index in [0.717, 1.165) is 12.8 Å². The molecule has 0 aliphatic heterocycles. The Morgan fingerprint density at radius 2 is 1.84 bits per heavy atom. The summed E-state index contributed by atoms with van der Waals surface area (Å²) in [7, 11) is 0. The lowest BCUT2D eigenvalue weighted by Crippen LogP contribution is -2.38. The first-order chi connectivity index (χ1) is 12.0. The number of amides is 1. The second kappa shape index (κ2) is 9.05.